The second-order valence-corrected chi connectivity index (χ2v) is 7.38. The molecule has 2 heterocycles. The van der Waals surface area contributed by atoms with Crippen LogP contribution >= 0.6 is 11.8 Å². The Hall–Kier alpha value is -3.59. The molecule has 30 heavy (non-hydrogen) atoms. The van der Waals surface area contributed by atoms with Crippen molar-refractivity contribution in [3.63, 3.8) is 0 Å². The summed E-state index contributed by atoms with van der Waals surface area (Å²) in [5, 5.41) is 7.89. The highest BCUT2D eigenvalue weighted by molar-refractivity contribution is 7.99. The van der Waals surface area contributed by atoms with Crippen LogP contribution in [-0.2, 0) is 11.3 Å². The third-order valence-corrected chi connectivity index (χ3v) is 5.28. The van der Waals surface area contributed by atoms with Crippen LogP contribution in [0.4, 0.5) is 0 Å². The summed E-state index contributed by atoms with van der Waals surface area (Å²) in [4.78, 5) is 31.8. The normalized spacial score (nSPS) is 10.8. The van der Waals surface area contributed by atoms with Crippen molar-refractivity contribution in [3.8, 4) is 11.4 Å². The van der Waals surface area contributed by atoms with Crippen LogP contribution in [0.1, 0.15) is 5.56 Å². The molecule has 0 atom stereocenters. The van der Waals surface area contributed by atoms with Gasteiger partial charge in [-0.15, -0.1) is 0 Å². The summed E-state index contributed by atoms with van der Waals surface area (Å²) in [6.07, 6.45) is 1.49. The average molecular weight is 421 g/mol. The SMILES string of the molecule is COc1ccc(CNC(=O)CSc2nc3c(cnn3-c3ccccc3)c(=O)[nH]2)cc1. The molecular weight excluding hydrogens is 402 g/mol. The van der Waals surface area contributed by atoms with E-state index in [0.717, 1.165) is 17.0 Å². The number of benzene rings is 2. The van der Waals surface area contributed by atoms with Crippen LogP contribution in [0, 0.1) is 0 Å². The fraction of sp³-hybridized carbons (Fsp3) is 0.143. The number of para-hydroxylation sites is 1. The third-order valence-electron chi connectivity index (χ3n) is 4.41. The summed E-state index contributed by atoms with van der Waals surface area (Å²) >= 11 is 1.17. The number of carbonyl (C=O) groups is 1. The van der Waals surface area contributed by atoms with Crippen molar-refractivity contribution in [2.45, 2.75) is 11.7 Å². The Bertz CT molecular complexity index is 1220. The number of amides is 1. The van der Waals surface area contributed by atoms with Gasteiger partial charge in [-0.05, 0) is 29.8 Å². The van der Waals surface area contributed by atoms with E-state index in [1.807, 2.05) is 54.6 Å². The van der Waals surface area contributed by atoms with Gasteiger partial charge in [-0.2, -0.15) is 5.10 Å². The maximum atomic E-state index is 12.4. The molecule has 0 saturated heterocycles. The van der Waals surface area contributed by atoms with E-state index >= 15 is 0 Å². The molecule has 2 aromatic carbocycles. The number of methoxy groups -OCH3 is 1. The highest BCUT2D eigenvalue weighted by Gasteiger charge is 2.13. The van der Waals surface area contributed by atoms with Crippen molar-refractivity contribution in [2.24, 2.45) is 0 Å². The van der Waals surface area contributed by atoms with E-state index in [1.54, 1.807) is 11.8 Å². The number of H-pyrrole nitrogens is 1. The highest BCUT2D eigenvalue weighted by Crippen LogP contribution is 2.17. The van der Waals surface area contributed by atoms with Gasteiger partial charge >= 0.3 is 0 Å². The van der Waals surface area contributed by atoms with Crippen LogP contribution in [0.15, 0.2) is 70.7 Å². The third kappa shape index (κ3) is 4.36. The lowest BCUT2D eigenvalue weighted by atomic mass is 10.2. The zero-order chi connectivity index (χ0) is 20.9. The molecule has 152 valence electrons. The van der Waals surface area contributed by atoms with E-state index < -0.39 is 0 Å². The number of nitrogens with one attached hydrogen (secondary N) is 2. The molecule has 0 unspecified atom stereocenters. The van der Waals surface area contributed by atoms with E-state index in [2.05, 4.69) is 20.4 Å². The number of hydrogen-bond acceptors (Lipinski definition) is 6. The minimum Gasteiger partial charge on any atom is -0.497 e. The van der Waals surface area contributed by atoms with Gasteiger partial charge in [0.1, 0.15) is 11.1 Å². The monoisotopic (exact) mass is 421 g/mol. The van der Waals surface area contributed by atoms with E-state index in [9.17, 15) is 9.59 Å². The first-order valence-electron chi connectivity index (χ1n) is 9.20. The number of carbonyl (C=O) groups excluding carboxylic acids is 1. The van der Waals surface area contributed by atoms with Crippen molar-refractivity contribution in [2.75, 3.05) is 12.9 Å². The topological polar surface area (TPSA) is 102 Å². The van der Waals surface area contributed by atoms with E-state index in [-0.39, 0.29) is 17.2 Å². The Morgan fingerprint density at radius 3 is 2.67 bits per heavy atom. The van der Waals surface area contributed by atoms with Gasteiger partial charge in [0.2, 0.25) is 5.91 Å². The van der Waals surface area contributed by atoms with Crippen LogP contribution in [0.5, 0.6) is 5.75 Å². The summed E-state index contributed by atoms with van der Waals surface area (Å²) in [6, 6.07) is 16.9. The Balaban J connectivity index is 1.43. The first-order chi connectivity index (χ1) is 14.6. The molecule has 0 aliphatic carbocycles. The van der Waals surface area contributed by atoms with Gasteiger partial charge in [0, 0.05) is 6.54 Å². The molecule has 4 rings (SSSR count). The van der Waals surface area contributed by atoms with Gasteiger partial charge in [-0.1, -0.05) is 42.1 Å². The molecule has 0 spiro atoms. The minimum absolute atomic E-state index is 0.129. The number of hydrogen-bond donors (Lipinski definition) is 2. The van der Waals surface area contributed by atoms with Crippen LogP contribution in [0.25, 0.3) is 16.7 Å². The predicted octanol–water partition coefficient (Wildman–Crippen LogP) is 2.53. The van der Waals surface area contributed by atoms with Crippen molar-refractivity contribution in [3.05, 3.63) is 76.7 Å². The fourth-order valence-corrected chi connectivity index (χ4v) is 3.54. The molecule has 2 aromatic heterocycles. The summed E-state index contributed by atoms with van der Waals surface area (Å²) < 4.78 is 6.73. The van der Waals surface area contributed by atoms with Gasteiger partial charge in [0.25, 0.3) is 5.56 Å². The molecule has 2 N–H and O–H groups in total. The molecule has 9 heteroatoms. The van der Waals surface area contributed by atoms with Crippen LogP contribution in [0.3, 0.4) is 0 Å². The smallest absolute Gasteiger partial charge is 0.262 e. The van der Waals surface area contributed by atoms with Crippen LogP contribution in [-0.4, -0.2) is 38.5 Å². The van der Waals surface area contributed by atoms with Gasteiger partial charge < -0.3 is 15.0 Å². The van der Waals surface area contributed by atoms with Gasteiger partial charge in [0.15, 0.2) is 10.8 Å². The number of thioether (sulfide) groups is 1. The fourth-order valence-electron chi connectivity index (χ4n) is 2.85. The molecule has 0 aliphatic rings. The number of fused-ring (bicyclic) bond motifs is 1. The number of rotatable bonds is 7. The van der Waals surface area contributed by atoms with Crippen molar-refractivity contribution in [1.82, 2.24) is 25.1 Å². The minimum atomic E-state index is -0.289. The molecule has 1 amide bonds. The lowest BCUT2D eigenvalue weighted by molar-refractivity contribution is -0.118. The first kappa shape index (κ1) is 19.7. The van der Waals surface area contributed by atoms with E-state index in [4.69, 9.17) is 4.74 Å². The zero-order valence-corrected chi connectivity index (χ0v) is 17.0. The standard InChI is InChI=1S/C21H19N5O3S/c1-29-16-9-7-14(8-10-16)11-22-18(27)13-30-21-24-19-17(20(28)25-21)12-23-26(19)15-5-3-2-4-6-15/h2-10,12H,11,13H2,1H3,(H,22,27)(H,24,25,28). The maximum absolute atomic E-state index is 12.4. The van der Waals surface area contributed by atoms with E-state index in [0.29, 0.717) is 22.7 Å². The van der Waals surface area contributed by atoms with Crippen LogP contribution in [0.2, 0.25) is 0 Å². The number of ether oxygens (including phenoxy) is 1. The summed E-state index contributed by atoms with van der Waals surface area (Å²) in [5.74, 6) is 0.736. The molecule has 4 aromatic rings. The molecule has 0 fully saturated rings. The van der Waals surface area contributed by atoms with Crippen molar-refractivity contribution < 1.29 is 9.53 Å². The van der Waals surface area contributed by atoms with Crippen LogP contribution < -0.4 is 15.6 Å². The molecular formula is C21H19N5O3S. The van der Waals surface area contributed by atoms with Crippen molar-refractivity contribution in [1.29, 1.82) is 0 Å². The molecule has 0 radical (unpaired) electrons. The lowest BCUT2D eigenvalue weighted by Crippen LogP contribution is -2.24. The lowest BCUT2D eigenvalue weighted by Gasteiger charge is -2.07. The molecule has 0 bridgehead atoms. The average Bonchev–Trinajstić information content (AvgIpc) is 3.22. The van der Waals surface area contributed by atoms with Gasteiger partial charge in [0.05, 0.1) is 24.7 Å². The Morgan fingerprint density at radius 2 is 1.93 bits per heavy atom. The summed E-state index contributed by atoms with van der Waals surface area (Å²) in [6.45, 7) is 0.410. The second kappa shape index (κ2) is 8.83. The Labute approximate surface area is 176 Å². The number of aromatic amines is 1. The molecule has 0 saturated carbocycles. The van der Waals surface area contributed by atoms with Gasteiger partial charge in [-0.25, -0.2) is 9.67 Å². The quantitative estimate of drug-likeness (QED) is 0.351. The predicted molar refractivity (Wildman–Crippen MR) is 115 cm³/mol. The molecule has 0 aliphatic heterocycles. The van der Waals surface area contributed by atoms with Gasteiger partial charge in [-0.3, -0.25) is 9.59 Å². The number of nitrogens with zero attached hydrogens (tertiary/aromatic N) is 3. The highest BCUT2D eigenvalue weighted by atomic mass is 32.2. The Kier molecular flexibility index (Phi) is 5.80. The number of aromatic nitrogens is 4. The second-order valence-electron chi connectivity index (χ2n) is 6.41. The Morgan fingerprint density at radius 1 is 1.17 bits per heavy atom. The maximum Gasteiger partial charge on any atom is 0.262 e. The first-order valence-corrected chi connectivity index (χ1v) is 10.2. The largest absolute Gasteiger partial charge is 0.497 e. The molecule has 8 nitrogen and oxygen atoms in total. The zero-order valence-electron chi connectivity index (χ0n) is 16.2. The summed E-state index contributed by atoms with van der Waals surface area (Å²) in [7, 11) is 1.61. The van der Waals surface area contributed by atoms with E-state index in [1.165, 1.54) is 18.0 Å². The van der Waals surface area contributed by atoms with Crippen molar-refractivity contribution >= 4 is 28.7 Å². The summed E-state index contributed by atoms with van der Waals surface area (Å²) in [5.41, 5.74) is 1.93.